The lowest BCUT2D eigenvalue weighted by Gasteiger charge is -2.25. The zero-order valence-corrected chi connectivity index (χ0v) is 15.6. The Balaban J connectivity index is 1.78. The molecule has 6 nitrogen and oxygen atoms in total. The quantitative estimate of drug-likeness (QED) is 0.627. The third-order valence-electron chi connectivity index (χ3n) is 4.87. The van der Waals surface area contributed by atoms with Gasteiger partial charge in [0, 0.05) is 11.6 Å². The molecule has 0 saturated carbocycles. The summed E-state index contributed by atoms with van der Waals surface area (Å²) in [4.78, 5) is 20.2. The van der Waals surface area contributed by atoms with Crippen molar-refractivity contribution in [2.75, 3.05) is 26.2 Å². The van der Waals surface area contributed by atoms with Crippen LogP contribution in [-0.4, -0.2) is 51.5 Å². The lowest BCUT2D eigenvalue weighted by molar-refractivity contribution is 0.0909. The van der Waals surface area contributed by atoms with E-state index in [4.69, 9.17) is 9.72 Å². The first kappa shape index (κ1) is 17.7. The first-order valence-corrected chi connectivity index (χ1v) is 9.60. The third kappa shape index (κ3) is 3.71. The van der Waals surface area contributed by atoms with Crippen molar-refractivity contribution in [3.05, 3.63) is 48.2 Å². The molecule has 0 aliphatic carbocycles. The molecule has 2 aromatic heterocycles. The van der Waals surface area contributed by atoms with Crippen molar-refractivity contribution in [2.24, 2.45) is 0 Å². The third-order valence-corrected chi connectivity index (χ3v) is 4.87. The molecule has 0 N–H and O–H groups in total. The summed E-state index contributed by atoms with van der Waals surface area (Å²) in [5, 5.41) is 4.52. The number of carbonyl (C=O) groups is 1. The molecule has 3 heterocycles. The van der Waals surface area contributed by atoms with Gasteiger partial charge in [-0.3, -0.25) is 9.69 Å². The number of ketones is 1. The number of Topliss-reactive ketones (excluding diaryl/α,β-unsaturated/α-hetero) is 1. The van der Waals surface area contributed by atoms with Crippen LogP contribution >= 0.6 is 0 Å². The first-order valence-electron chi connectivity index (χ1n) is 9.60. The van der Waals surface area contributed by atoms with E-state index >= 15 is 0 Å². The SMILES string of the molecule is CCOc1ccc2nc(-c3ccccc3)c(C(=O)CN3CCCCC3)n2n1. The Morgan fingerprint density at radius 1 is 1.07 bits per heavy atom. The molecule has 0 atom stereocenters. The molecule has 1 saturated heterocycles. The molecule has 4 rings (SSSR count). The summed E-state index contributed by atoms with van der Waals surface area (Å²) in [6.45, 7) is 4.78. The zero-order chi connectivity index (χ0) is 18.6. The van der Waals surface area contributed by atoms with Gasteiger partial charge in [-0.05, 0) is 38.9 Å². The molecule has 1 fully saturated rings. The molecule has 0 unspecified atom stereocenters. The number of hydrogen-bond acceptors (Lipinski definition) is 5. The summed E-state index contributed by atoms with van der Waals surface area (Å²) >= 11 is 0. The van der Waals surface area contributed by atoms with Crippen molar-refractivity contribution < 1.29 is 9.53 Å². The van der Waals surface area contributed by atoms with Crippen molar-refractivity contribution in [3.8, 4) is 17.1 Å². The van der Waals surface area contributed by atoms with E-state index in [-0.39, 0.29) is 5.78 Å². The molecule has 1 aliphatic rings. The van der Waals surface area contributed by atoms with Gasteiger partial charge in [-0.2, -0.15) is 0 Å². The molecule has 6 heteroatoms. The zero-order valence-electron chi connectivity index (χ0n) is 15.6. The van der Waals surface area contributed by atoms with E-state index in [1.165, 1.54) is 6.42 Å². The number of rotatable bonds is 6. The largest absolute Gasteiger partial charge is 0.477 e. The second-order valence-corrected chi connectivity index (χ2v) is 6.81. The summed E-state index contributed by atoms with van der Waals surface area (Å²) in [6, 6.07) is 13.5. The smallest absolute Gasteiger partial charge is 0.231 e. The predicted molar refractivity (Wildman–Crippen MR) is 104 cm³/mol. The fourth-order valence-electron chi connectivity index (χ4n) is 3.58. The number of aromatic nitrogens is 3. The van der Waals surface area contributed by atoms with Crippen molar-refractivity contribution in [2.45, 2.75) is 26.2 Å². The van der Waals surface area contributed by atoms with E-state index < -0.39 is 0 Å². The van der Waals surface area contributed by atoms with Crippen LogP contribution in [-0.2, 0) is 0 Å². The molecule has 0 bridgehead atoms. The van der Waals surface area contributed by atoms with Gasteiger partial charge in [-0.25, -0.2) is 9.50 Å². The minimum Gasteiger partial charge on any atom is -0.477 e. The van der Waals surface area contributed by atoms with E-state index in [0.717, 1.165) is 31.5 Å². The van der Waals surface area contributed by atoms with Gasteiger partial charge in [0.2, 0.25) is 5.88 Å². The van der Waals surface area contributed by atoms with Crippen LogP contribution in [0, 0.1) is 0 Å². The van der Waals surface area contributed by atoms with Crippen LogP contribution < -0.4 is 4.74 Å². The minimum atomic E-state index is 0.0457. The second-order valence-electron chi connectivity index (χ2n) is 6.81. The van der Waals surface area contributed by atoms with Crippen LogP contribution in [0.15, 0.2) is 42.5 Å². The molecule has 140 valence electrons. The van der Waals surface area contributed by atoms with Gasteiger partial charge in [0.05, 0.1) is 13.2 Å². The Bertz CT molecular complexity index is 930. The Morgan fingerprint density at radius 2 is 1.85 bits per heavy atom. The number of benzene rings is 1. The Morgan fingerprint density at radius 3 is 2.59 bits per heavy atom. The average molecular weight is 364 g/mol. The summed E-state index contributed by atoms with van der Waals surface area (Å²) in [7, 11) is 0. The van der Waals surface area contributed by atoms with Crippen LogP contribution in [0.1, 0.15) is 36.7 Å². The number of likely N-dealkylation sites (tertiary alicyclic amines) is 1. The van der Waals surface area contributed by atoms with Gasteiger partial charge in [-0.15, -0.1) is 5.10 Å². The Labute approximate surface area is 158 Å². The molecule has 27 heavy (non-hydrogen) atoms. The number of fused-ring (bicyclic) bond motifs is 1. The van der Waals surface area contributed by atoms with Crippen LogP contribution in [0.2, 0.25) is 0 Å². The molecule has 1 aliphatic heterocycles. The minimum absolute atomic E-state index is 0.0457. The molecular formula is C21H24N4O2. The molecule has 0 radical (unpaired) electrons. The summed E-state index contributed by atoms with van der Waals surface area (Å²) in [5.74, 6) is 0.540. The van der Waals surface area contributed by atoms with Gasteiger partial charge >= 0.3 is 0 Å². The lowest BCUT2D eigenvalue weighted by atomic mass is 10.1. The van der Waals surface area contributed by atoms with E-state index in [1.807, 2.05) is 43.3 Å². The fourth-order valence-corrected chi connectivity index (χ4v) is 3.58. The first-order chi connectivity index (χ1) is 13.3. The highest BCUT2D eigenvalue weighted by molar-refractivity contribution is 6.02. The number of ether oxygens (including phenoxy) is 1. The number of piperidine rings is 1. The summed E-state index contributed by atoms with van der Waals surface area (Å²) in [5.41, 5.74) is 2.78. The normalized spacial score (nSPS) is 15.1. The van der Waals surface area contributed by atoms with Crippen LogP contribution in [0.25, 0.3) is 16.9 Å². The van der Waals surface area contributed by atoms with Crippen LogP contribution in [0.4, 0.5) is 0 Å². The number of nitrogens with zero attached hydrogens (tertiary/aromatic N) is 4. The standard InChI is InChI=1S/C21H24N4O2/c1-2-27-19-12-11-18-22-20(16-9-5-3-6-10-16)21(25(18)23-19)17(26)15-24-13-7-4-8-14-24/h3,5-6,9-12H,2,4,7-8,13-15H2,1H3. The molecule has 0 spiro atoms. The Hall–Kier alpha value is -2.73. The summed E-state index contributed by atoms with van der Waals surface area (Å²) < 4.78 is 7.17. The number of hydrogen-bond donors (Lipinski definition) is 0. The fraction of sp³-hybridized carbons (Fsp3) is 0.381. The van der Waals surface area contributed by atoms with Crippen LogP contribution in [0.5, 0.6) is 5.88 Å². The van der Waals surface area contributed by atoms with E-state index in [2.05, 4.69) is 10.00 Å². The van der Waals surface area contributed by atoms with E-state index in [1.54, 1.807) is 10.6 Å². The molecule has 1 aromatic carbocycles. The maximum absolute atomic E-state index is 13.3. The van der Waals surface area contributed by atoms with Crippen LogP contribution in [0.3, 0.4) is 0 Å². The maximum atomic E-state index is 13.3. The van der Waals surface area contributed by atoms with Gasteiger partial charge in [0.1, 0.15) is 11.4 Å². The van der Waals surface area contributed by atoms with Gasteiger partial charge in [-0.1, -0.05) is 36.8 Å². The highest BCUT2D eigenvalue weighted by Gasteiger charge is 2.24. The maximum Gasteiger partial charge on any atom is 0.231 e. The van der Waals surface area contributed by atoms with Gasteiger partial charge < -0.3 is 4.74 Å². The molecular weight excluding hydrogens is 340 g/mol. The second kappa shape index (κ2) is 7.88. The van der Waals surface area contributed by atoms with Gasteiger partial charge in [0.25, 0.3) is 0 Å². The van der Waals surface area contributed by atoms with Crippen molar-refractivity contribution in [3.63, 3.8) is 0 Å². The van der Waals surface area contributed by atoms with Crippen molar-refractivity contribution in [1.29, 1.82) is 0 Å². The lowest BCUT2D eigenvalue weighted by Crippen LogP contribution is -2.35. The van der Waals surface area contributed by atoms with Crippen molar-refractivity contribution >= 4 is 11.4 Å². The van der Waals surface area contributed by atoms with E-state index in [0.29, 0.717) is 36.1 Å². The highest BCUT2D eigenvalue weighted by Crippen LogP contribution is 2.26. The van der Waals surface area contributed by atoms with Gasteiger partial charge in [0.15, 0.2) is 11.4 Å². The monoisotopic (exact) mass is 364 g/mol. The summed E-state index contributed by atoms with van der Waals surface area (Å²) in [6.07, 6.45) is 3.55. The highest BCUT2D eigenvalue weighted by atomic mass is 16.5. The molecule has 0 amide bonds. The molecule has 3 aromatic rings. The van der Waals surface area contributed by atoms with E-state index in [9.17, 15) is 4.79 Å². The Kier molecular flexibility index (Phi) is 5.16. The predicted octanol–water partition coefficient (Wildman–Crippen LogP) is 3.46. The number of imidazole rings is 1. The topological polar surface area (TPSA) is 59.7 Å². The number of carbonyl (C=O) groups excluding carboxylic acids is 1. The average Bonchev–Trinajstić information content (AvgIpc) is 3.09. The van der Waals surface area contributed by atoms with Crippen molar-refractivity contribution in [1.82, 2.24) is 19.5 Å².